The zero-order valence-electron chi connectivity index (χ0n) is 19.7. The molecular weight excluding hydrogens is 428 g/mol. The molecule has 7 nitrogen and oxygen atoms in total. The number of rotatable bonds is 7. The van der Waals surface area contributed by atoms with Gasteiger partial charge >= 0.3 is 0 Å². The molecule has 178 valence electrons. The van der Waals surface area contributed by atoms with Crippen molar-refractivity contribution < 1.29 is 14.1 Å². The molecule has 2 heterocycles. The minimum Gasteiger partial charge on any atom is -0.490 e. The predicted molar refractivity (Wildman–Crippen MR) is 130 cm³/mol. The van der Waals surface area contributed by atoms with Gasteiger partial charge in [0.25, 0.3) is 0 Å². The van der Waals surface area contributed by atoms with Crippen LogP contribution in [0.3, 0.4) is 0 Å². The lowest BCUT2D eigenvalue weighted by molar-refractivity contribution is -0.121. The Bertz CT molecular complexity index is 1080. The molecule has 1 saturated heterocycles. The minimum absolute atomic E-state index is 0.0106. The van der Waals surface area contributed by atoms with E-state index in [0.717, 1.165) is 55.8 Å². The molecule has 0 bridgehead atoms. The molecule has 1 saturated carbocycles. The van der Waals surface area contributed by atoms with Gasteiger partial charge in [-0.05, 0) is 82.8 Å². The molecule has 1 aliphatic carbocycles. The molecule has 0 spiro atoms. The molecule has 2 aromatic carbocycles. The number of nitrogens with one attached hydrogen (secondary N) is 1. The highest BCUT2D eigenvalue weighted by molar-refractivity contribution is 5.92. The fraction of sp³-hybridized carbons (Fsp3) is 0.444. The van der Waals surface area contributed by atoms with Gasteiger partial charge in [0, 0.05) is 17.2 Å². The number of carbonyl (C=O) groups is 1. The summed E-state index contributed by atoms with van der Waals surface area (Å²) in [5.41, 5.74) is 2.97. The number of carbonyl (C=O) groups excluding carboxylic acids is 1. The number of aryl methyl sites for hydroxylation is 1. The summed E-state index contributed by atoms with van der Waals surface area (Å²) in [6.45, 7) is 4.32. The summed E-state index contributed by atoms with van der Waals surface area (Å²) in [7, 11) is 0. The van der Waals surface area contributed by atoms with Crippen LogP contribution >= 0.6 is 0 Å². The van der Waals surface area contributed by atoms with E-state index in [4.69, 9.17) is 9.26 Å². The Morgan fingerprint density at radius 2 is 1.74 bits per heavy atom. The summed E-state index contributed by atoms with van der Waals surface area (Å²) >= 11 is 0. The fourth-order valence-electron chi connectivity index (χ4n) is 4.74. The standard InChI is InChI=1S/C27H32N4O3/c1-19-6-8-20(9-7-19)26-29-25(34-30-26)18-31-16-14-21(15-17-31)27(32)28-22-10-12-24(13-11-22)33-23-4-2-3-5-23/h6-13,21,23H,2-5,14-18H2,1H3,(H,28,32). The third-order valence-electron chi connectivity index (χ3n) is 6.82. The van der Waals surface area contributed by atoms with E-state index in [1.165, 1.54) is 18.4 Å². The first kappa shape index (κ1) is 22.6. The van der Waals surface area contributed by atoms with Crippen molar-refractivity contribution in [2.45, 2.75) is 58.1 Å². The summed E-state index contributed by atoms with van der Waals surface area (Å²) in [6.07, 6.45) is 6.74. The number of benzene rings is 2. The molecule has 1 N–H and O–H groups in total. The van der Waals surface area contributed by atoms with E-state index in [-0.39, 0.29) is 11.8 Å². The van der Waals surface area contributed by atoms with Gasteiger partial charge in [-0.15, -0.1) is 0 Å². The summed E-state index contributed by atoms with van der Waals surface area (Å²) in [5, 5.41) is 7.19. The second kappa shape index (κ2) is 10.4. The maximum atomic E-state index is 12.8. The quantitative estimate of drug-likeness (QED) is 0.521. The Balaban J connectivity index is 1.08. The SMILES string of the molecule is Cc1ccc(-c2noc(CN3CCC(C(=O)Nc4ccc(OC5CCCC5)cc4)CC3)n2)cc1. The highest BCUT2D eigenvalue weighted by Crippen LogP contribution is 2.26. The lowest BCUT2D eigenvalue weighted by atomic mass is 9.96. The van der Waals surface area contributed by atoms with Gasteiger partial charge in [-0.25, -0.2) is 0 Å². The molecule has 0 unspecified atom stereocenters. The lowest BCUT2D eigenvalue weighted by Gasteiger charge is -2.30. The Hall–Kier alpha value is -3.19. The number of anilines is 1. The number of piperidine rings is 1. The van der Waals surface area contributed by atoms with Crippen molar-refractivity contribution in [3.05, 3.63) is 60.0 Å². The molecule has 5 rings (SSSR count). The first-order valence-electron chi connectivity index (χ1n) is 12.3. The molecule has 1 aliphatic heterocycles. The van der Waals surface area contributed by atoms with Crippen LogP contribution in [-0.2, 0) is 11.3 Å². The van der Waals surface area contributed by atoms with E-state index in [9.17, 15) is 4.79 Å². The van der Waals surface area contributed by atoms with Crippen molar-refractivity contribution in [1.82, 2.24) is 15.0 Å². The molecule has 2 fully saturated rings. The maximum Gasteiger partial charge on any atom is 0.241 e. The predicted octanol–water partition coefficient (Wildman–Crippen LogP) is 5.22. The number of aromatic nitrogens is 2. The lowest BCUT2D eigenvalue weighted by Crippen LogP contribution is -2.37. The Morgan fingerprint density at radius 3 is 2.44 bits per heavy atom. The van der Waals surface area contributed by atoms with Gasteiger partial charge in [0.2, 0.25) is 17.6 Å². The molecule has 3 aromatic rings. The van der Waals surface area contributed by atoms with E-state index < -0.39 is 0 Å². The van der Waals surface area contributed by atoms with Gasteiger partial charge in [0.15, 0.2) is 0 Å². The van der Waals surface area contributed by atoms with Gasteiger partial charge in [-0.2, -0.15) is 4.98 Å². The summed E-state index contributed by atoms with van der Waals surface area (Å²) in [4.78, 5) is 19.6. The van der Waals surface area contributed by atoms with E-state index in [2.05, 4.69) is 27.3 Å². The van der Waals surface area contributed by atoms with Crippen LogP contribution in [0.15, 0.2) is 53.1 Å². The monoisotopic (exact) mass is 460 g/mol. The van der Waals surface area contributed by atoms with Crippen LogP contribution in [0.25, 0.3) is 11.4 Å². The molecule has 0 atom stereocenters. The Labute approximate surface area is 200 Å². The highest BCUT2D eigenvalue weighted by atomic mass is 16.5. The first-order chi connectivity index (χ1) is 16.6. The number of hydrogen-bond donors (Lipinski definition) is 1. The Morgan fingerprint density at radius 1 is 1.03 bits per heavy atom. The molecule has 2 aliphatic rings. The normalized spacial score (nSPS) is 17.7. The average molecular weight is 461 g/mol. The second-order valence-electron chi connectivity index (χ2n) is 9.47. The largest absolute Gasteiger partial charge is 0.490 e. The minimum atomic E-state index is 0.0106. The van der Waals surface area contributed by atoms with E-state index >= 15 is 0 Å². The number of likely N-dealkylation sites (tertiary alicyclic amines) is 1. The van der Waals surface area contributed by atoms with Crippen LogP contribution in [0.1, 0.15) is 50.0 Å². The zero-order chi connectivity index (χ0) is 23.3. The van der Waals surface area contributed by atoms with Gasteiger partial charge in [-0.1, -0.05) is 35.0 Å². The second-order valence-corrected chi connectivity index (χ2v) is 9.47. The van der Waals surface area contributed by atoms with Gasteiger partial charge in [0.05, 0.1) is 12.6 Å². The maximum absolute atomic E-state index is 12.8. The van der Waals surface area contributed by atoms with Crippen LogP contribution in [0.2, 0.25) is 0 Å². The van der Waals surface area contributed by atoms with Gasteiger partial charge in [-0.3, -0.25) is 9.69 Å². The molecular formula is C27H32N4O3. The smallest absolute Gasteiger partial charge is 0.241 e. The van der Waals surface area contributed by atoms with Crippen LogP contribution < -0.4 is 10.1 Å². The molecule has 1 aromatic heterocycles. The number of hydrogen-bond acceptors (Lipinski definition) is 6. The van der Waals surface area contributed by atoms with E-state index in [0.29, 0.717) is 24.4 Å². The fourth-order valence-corrected chi connectivity index (χ4v) is 4.74. The van der Waals surface area contributed by atoms with Crippen LogP contribution in [-0.4, -0.2) is 40.1 Å². The summed E-state index contributed by atoms with van der Waals surface area (Å²) < 4.78 is 11.5. The van der Waals surface area contributed by atoms with E-state index in [1.54, 1.807) is 0 Å². The molecule has 34 heavy (non-hydrogen) atoms. The van der Waals surface area contributed by atoms with Crippen molar-refractivity contribution in [2.24, 2.45) is 5.92 Å². The van der Waals surface area contributed by atoms with Crippen LogP contribution in [0, 0.1) is 12.8 Å². The third kappa shape index (κ3) is 5.65. The van der Waals surface area contributed by atoms with Crippen LogP contribution in [0.5, 0.6) is 5.75 Å². The molecule has 1 amide bonds. The first-order valence-corrected chi connectivity index (χ1v) is 12.3. The topological polar surface area (TPSA) is 80.5 Å². The molecule has 7 heteroatoms. The van der Waals surface area contributed by atoms with Gasteiger partial charge in [0.1, 0.15) is 5.75 Å². The Kier molecular flexibility index (Phi) is 6.90. The summed E-state index contributed by atoms with van der Waals surface area (Å²) in [6, 6.07) is 15.8. The van der Waals surface area contributed by atoms with Crippen molar-refractivity contribution in [1.29, 1.82) is 0 Å². The zero-order valence-corrected chi connectivity index (χ0v) is 19.7. The van der Waals surface area contributed by atoms with Gasteiger partial charge < -0.3 is 14.6 Å². The van der Waals surface area contributed by atoms with Crippen molar-refractivity contribution in [3.8, 4) is 17.1 Å². The third-order valence-corrected chi connectivity index (χ3v) is 6.82. The number of amides is 1. The average Bonchev–Trinajstić information content (AvgIpc) is 3.54. The van der Waals surface area contributed by atoms with Crippen molar-refractivity contribution in [2.75, 3.05) is 18.4 Å². The number of nitrogens with zero attached hydrogens (tertiary/aromatic N) is 3. The van der Waals surface area contributed by atoms with Crippen molar-refractivity contribution in [3.63, 3.8) is 0 Å². The molecule has 0 radical (unpaired) electrons. The van der Waals surface area contributed by atoms with Crippen molar-refractivity contribution >= 4 is 11.6 Å². The summed E-state index contributed by atoms with van der Waals surface area (Å²) in [5.74, 6) is 2.20. The number of ether oxygens (including phenoxy) is 1. The van der Waals surface area contributed by atoms with Crippen LogP contribution in [0.4, 0.5) is 5.69 Å². The van der Waals surface area contributed by atoms with E-state index in [1.807, 2.05) is 48.5 Å². The highest BCUT2D eigenvalue weighted by Gasteiger charge is 2.26.